The molecule has 0 fully saturated rings. The number of benzene rings is 2. The van der Waals surface area contributed by atoms with Crippen LogP contribution in [0.3, 0.4) is 0 Å². The normalized spacial score (nSPS) is 10.4. The monoisotopic (exact) mass is 260 g/mol. The van der Waals surface area contributed by atoms with Crippen molar-refractivity contribution in [3.05, 3.63) is 59.4 Å². The van der Waals surface area contributed by atoms with Gasteiger partial charge in [0.25, 0.3) is 0 Å². The first kappa shape index (κ1) is 13.4. The third-order valence-electron chi connectivity index (χ3n) is 2.83. The Labute approximate surface area is 112 Å². The van der Waals surface area contributed by atoms with Crippen LogP contribution >= 0.6 is 0 Å². The third-order valence-corrected chi connectivity index (χ3v) is 2.83. The van der Waals surface area contributed by atoms with Gasteiger partial charge < -0.3 is 15.8 Å². The number of hydrogen-bond donors (Lipinski definition) is 2. The molecule has 0 saturated carbocycles. The highest BCUT2D eigenvalue weighted by Gasteiger charge is 2.03. The fourth-order valence-electron chi connectivity index (χ4n) is 1.87. The summed E-state index contributed by atoms with van der Waals surface area (Å²) in [6.45, 7) is 1.29. The van der Waals surface area contributed by atoms with Crippen molar-refractivity contribution in [3.63, 3.8) is 0 Å². The van der Waals surface area contributed by atoms with Crippen LogP contribution in [0.1, 0.15) is 11.1 Å². The van der Waals surface area contributed by atoms with Crippen molar-refractivity contribution >= 4 is 5.69 Å². The van der Waals surface area contributed by atoms with Gasteiger partial charge in [-0.1, -0.05) is 18.2 Å². The van der Waals surface area contributed by atoms with Gasteiger partial charge in [0.2, 0.25) is 0 Å². The summed E-state index contributed by atoms with van der Waals surface area (Å²) in [5.41, 5.74) is 8.43. The summed E-state index contributed by atoms with van der Waals surface area (Å²) < 4.78 is 18.4. The Morgan fingerprint density at radius 2 is 1.84 bits per heavy atom. The molecule has 3 nitrogen and oxygen atoms in total. The van der Waals surface area contributed by atoms with E-state index in [0.29, 0.717) is 13.1 Å². The van der Waals surface area contributed by atoms with Crippen molar-refractivity contribution in [1.29, 1.82) is 0 Å². The van der Waals surface area contributed by atoms with Gasteiger partial charge in [-0.05, 0) is 35.4 Å². The van der Waals surface area contributed by atoms with E-state index in [-0.39, 0.29) is 11.6 Å². The summed E-state index contributed by atoms with van der Waals surface area (Å²) >= 11 is 0. The fourth-order valence-corrected chi connectivity index (χ4v) is 1.87. The molecule has 0 aliphatic carbocycles. The van der Waals surface area contributed by atoms with Gasteiger partial charge >= 0.3 is 0 Å². The largest absolute Gasteiger partial charge is 0.494 e. The molecule has 0 amide bonds. The molecule has 2 rings (SSSR count). The first-order chi connectivity index (χ1) is 9.19. The molecule has 0 aliphatic rings. The number of rotatable bonds is 5. The second-order valence-corrected chi connectivity index (χ2v) is 4.32. The number of nitrogens with one attached hydrogen (secondary N) is 1. The minimum Gasteiger partial charge on any atom is -0.494 e. The minimum atomic E-state index is -0.342. The lowest BCUT2D eigenvalue weighted by atomic mass is 10.2. The van der Waals surface area contributed by atoms with Crippen LogP contribution in [0.15, 0.2) is 42.5 Å². The SMILES string of the molecule is COc1ccc(CNCc2cccc(N)c2)cc1F. The van der Waals surface area contributed by atoms with E-state index in [4.69, 9.17) is 10.5 Å². The quantitative estimate of drug-likeness (QED) is 0.813. The molecule has 0 aromatic heterocycles. The lowest BCUT2D eigenvalue weighted by molar-refractivity contribution is 0.386. The number of nitrogens with two attached hydrogens (primary N) is 1. The molecule has 100 valence electrons. The summed E-state index contributed by atoms with van der Waals surface area (Å²) in [5, 5.41) is 3.25. The maximum absolute atomic E-state index is 13.5. The van der Waals surface area contributed by atoms with Crippen molar-refractivity contribution in [2.24, 2.45) is 0 Å². The van der Waals surface area contributed by atoms with E-state index in [1.54, 1.807) is 6.07 Å². The molecule has 0 spiro atoms. The van der Waals surface area contributed by atoms with Gasteiger partial charge in [-0.15, -0.1) is 0 Å². The van der Waals surface area contributed by atoms with E-state index in [1.165, 1.54) is 13.2 Å². The third kappa shape index (κ3) is 3.69. The average Bonchev–Trinajstić information content (AvgIpc) is 2.39. The van der Waals surface area contributed by atoms with Gasteiger partial charge in [0.05, 0.1) is 7.11 Å². The molecular formula is C15H17FN2O. The van der Waals surface area contributed by atoms with Crippen molar-refractivity contribution < 1.29 is 9.13 Å². The standard InChI is InChI=1S/C15H17FN2O/c1-19-15-6-5-12(8-14(15)16)10-18-9-11-3-2-4-13(17)7-11/h2-8,18H,9-10,17H2,1H3. The lowest BCUT2D eigenvalue weighted by Gasteiger charge is -2.07. The molecule has 2 aromatic rings. The Morgan fingerprint density at radius 1 is 1.11 bits per heavy atom. The highest BCUT2D eigenvalue weighted by molar-refractivity contribution is 5.40. The van der Waals surface area contributed by atoms with Gasteiger partial charge in [-0.2, -0.15) is 0 Å². The summed E-state index contributed by atoms with van der Waals surface area (Å²) in [6, 6.07) is 12.6. The Balaban J connectivity index is 1.90. The maximum Gasteiger partial charge on any atom is 0.165 e. The van der Waals surface area contributed by atoms with E-state index in [9.17, 15) is 4.39 Å². The number of halogens is 1. The molecule has 0 bridgehead atoms. The van der Waals surface area contributed by atoms with Crippen LogP contribution in [0.5, 0.6) is 5.75 Å². The van der Waals surface area contributed by atoms with Crippen LogP contribution in [-0.2, 0) is 13.1 Å². The van der Waals surface area contributed by atoms with Crippen LogP contribution < -0.4 is 15.8 Å². The molecule has 0 radical (unpaired) electrons. The molecule has 19 heavy (non-hydrogen) atoms. The lowest BCUT2D eigenvalue weighted by Crippen LogP contribution is -2.13. The zero-order valence-electron chi connectivity index (χ0n) is 10.8. The molecule has 2 aromatic carbocycles. The number of nitrogen functional groups attached to an aromatic ring is 1. The Morgan fingerprint density at radius 3 is 2.47 bits per heavy atom. The van der Waals surface area contributed by atoms with Gasteiger partial charge in [0.15, 0.2) is 11.6 Å². The van der Waals surface area contributed by atoms with E-state index in [2.05, 4.69) is 5.32 Å². The number of methoxy groups -OCH3 is 1. The first-order valence-electron chi connectivity index (χ1n) is 6.06. The van der Waals surface area contributed by atoms with Crippen molar-refractivity contribution in [2.75, 3.05) is 12.8 Å². The van der Waals surface area contributed by atoms with E-state index in [1.807, 2.05) is 30.3 Å². The Hall–Kier alpha value is -2.07. The molecule has 3 N–H and O–H groups in total. The highest BCUT2D eigenvalue weighted by Crippen LogP contribution is 2.17. The van der Waals surface area contributed by atoms with Crippen LogP contribution in [0.2, 0.25) is 0 Å². The van der Waals surface area contributed by atoms with Crippen molar-refractivity contribution in [1.82, 2.24) is 5.32 Å². The predicted molar refractivity (Wildman–Crippen MR) is 74.4 cm³/mol. The zero-order valence-corrected chi connectivity index (χ0v) is 10.8. The highest BCUT2D eigenvalue weighted by atomic mass is 19.1. The second-order valence-electron chi connectivity index (χ2n) is 4.32. The topological polar surface area (TPSA) is 47.3 Å². The maximum atomic E-state index is 13.5. The van der Waals surface area contributed by atoms with Crippen LogP contribution in [0, 0.1) is 5.82 Å². The van der Waals surface area contributed by atoms with E-state index >= 15 is 0 Å². The molecule has 0 aliphatic heterocycles. The van der Waals surface area contributed by atoms with Crippen LogP contribution in [0.4, 0.5) is 10.1 Å². The number of hydrogen-bond acceptors (Lipinski definition) is 3. The molecule has 0 heterocycles. The zero-order chi connectivity index (χ0) is 13.7. The first-order valence-corrected chi connectivity index (χ1v) is 6.06. The molecule has 0 atom stereocenters. The van der Waals surface area contributed by atoms with Crippen LogP contribution in [0.25, 0.3) is 0 Å². The van der Waals surface area contributed by atoms with E-state index < -0.39 is 0 Å². The number of ether oxygens (including phenoxy) is 1. The van der Waals surface area contributed by atoms with Gasteiger partial charge in [-0.25, -0.2) is 4.39 Å². The van der Waals surface area contributed by atoms with Gasteiger partial charge in [-0.3, -0.25) is 0 Å². The van der Waals surface area contributed by atoms with Crippen molar-refractivity contribution in [3.8, 4) is 5.75 Å². The molecular weight excluding hydrogens is 243 g/mol. The summed E-state index contributed by atoms with van der Waals surface area (Å²) in [4.78, 5) is 0. The Bertz CT molecular complexity index is 558. The van der Waals surface area contributed by atoms with Crippen LogP contribution in [-0.4, -0.2) is 7.11 Å². The Kier molecular flexibility index (Phi) is 4.36. The summed E-state index contributed by atoms with van der Waals surface area (Å²) in [6.07, 6.45) is 0. The molecule has 4 heteroatoms. The second kappa shape index (κ2) is 6.20. The van der Waals surface area contributed by atoms with Gasteiger partial charge in [0.1, 0.15) is 0 Å². The van der Waals surface area contributed by atoms with E-state index in [0.717, 1.165) is 16.8 Å². The smallest absolute Gasteiger partial charge is 0.165 e. The average molecular weight is 260 g/mol. The summed E-state index contributed by atoms with van der Waals surface area (Å²) in [7, 11) is 1.45. The molecule has 0 saturated heterocycles. The summed E-state index contributed by atoms with van der Waals surface area (Å²) in [5.74, 6) is -0.0784. The van der Waals surface area contributed by atoms with Crippen molar-refractivity contribution in [2.45, 2.75) is 13.1 Å². The minimum absolute atomic E-state index is 0.264. The van der Waals surface area contributed by atoms with Gasteiger partial charge in [0, 0.05) is 18.8 Å². The predicted octanol–water partition coefficient (Wildman–Crippen LogP) is 2.71. The fraction of sp³-hybridized carbons (Fsp3) is 0.200. The number of anilines is 1. The molecule has 0 unspecified atom stereocenters.